The molecule has 2 aliphatic rings. The summed E-state index contributed by atoms with van der Waals surface area (Å²) in [6.07, 6.45) is 10.00. The van der Waals surface area contributed by atoms with Gasteiger partial charge in [0.15, 0.2) is 0 Å². The Morgan fingerprint density at radius 1 is 1.38 bits per heavy atom. The van der Waals surface area contributed by atoms with Crippen LogP contribution in [0, 0.1) is 0 Å². The Kier molecular flexibility index (Phi) is 5.89. The summed E-state index contributed by atoms with van der Waals surface area (Å²) in [5.74, 6) is 1.32. The zero-order chi connectivity index (χ0) is 16.9. The predicted octanol–water partition coefficient (Wildman–Crippen LogP) is 1.55. The zero-order valence-electron chi connectivity index (χ0n) is 15.1. The molecule has 1 unspecified atom stereocenters. The number of imidazole rings is 1. The van der Waals surface area contributed by atoms with Gasteiger partial charge in [0.25, 0.3) is 0 Å². The third-order valence-corrected chi connectivity index (χ3v) is 5.53. The van der Waals surface area contributed by atoms with Crippen molar-refractivity contribution in [1.82, 2.24) is 24.7 Å². The molecule has 2 fully saturated rings. The van der Waals surface area contributed by atoms with Gasteiger partial charge in [-0.3, -0.25) is 9.69 Å². The van der Waals surface area contributed by atoms with Crippen molar-refractivity contribution in [3.63, 3.8) is 0 Å². The van der Waals surface area contributed by atoms with Crippen LogP contribution in [0.25, 0.3) is 0 Å². The summed E-state index contributed by atoms with van der Waals surface area (Å²) < 4.78 is 2.06. The van der Waals surface area contributed by atoms with Crippen LogP contribution in [-0.2, 0) is 11.8 Å². The lowest BCUT2D eigenvalue weighted by Gasteiger charge is -2.39. The first kappa shape index (κ1) is 17.4. The lowest BCUT2D eigenvalue weighted by Crippen LogP contribution is -2.52. The normalized spacial score (nSPS) is 23.3. The van der Waals surface area contributed by atoms with Gasteiger partial charge in [-0.2, -0.15) is 0 Å². The Hall–Kier alpha value is -1.40. The zero-order valence-corrected chi connectivity index (χ0v) is 15.1. The number of nitrogens with zero attached hydrogens (tertiary/aromatic N) is 4. The molecule has 24 heavy (non-hydrogen) atoms. The lowest BCUT2D eigenvalue weighted by molar-refractivity contribution is -0.136. The van der Waals surface area contributed by atoms with E-state index in [1.165, 1.54) is 32.1 Å². The van der Waals surface area contributed by atoms with Gasteiger partial charge in [-0.15, -0.1) is 0 Å². The maximum atomic E-state index is 13.0. The first-order valence-electron chi connectivity index (χ1n) is 9.42. The van der Waals surface area contributed by atoms with Crippen LogP contribution in [0.4, 0.5) is 0 Å². The largest absolute Gasteiger partial charge is 0.339 e. The number of hydrogen-bond donors (Lipinski definition) is 1. The summed E-state index contributed by atoms with van der Waals surface area (Å²) in [6.45, 7) is 6.12. The predicted molar refractivity (Wildman–Crippen MR) is 94.7 cm³/mol. The molecular weight excluding hydrogens is 302 g/mol. The van der Waals surface area contributed by atoms with E-state index in [4.69, 9.17) is 0 Å². The SMILES string of the molecule is CCN(C(=O)CN1CCNCC1c1nccn1C)C1CCCCC1. The molecule has 0 radical (unpaired) electrons. The van der Waals surface area contributed by atoms with Crippen molar-refractivity contribution in [2.45, 2.75) is 51.1 Å². The summed E-state index contributed by atoms with van der Waals surface area (Å²) in [6, 6.07) is 0.624. The summed E-state index contributed by atoms with van der Waals surface area (Å²) in [4.78, 5) is 21.9. The minimum atomic E-state index is 0.174. The van der Waals surface area contributed by atoms with Crippen molar-refractivity contribution < 1.29 is 4.79 Å². The number of hydrogen-bond acceptors (Lipinski definition) is 4. The maximum Gasteiger partial charge on any atom is 0.237 e. The van der Waals surface area contributed by atoms with Crippen molar-refractivity contribution in [2.24, 2.45) is 7.05 Å². The minimum Gasteiger partial charge on any atom is -0.339 e. The molecule has 0 bridgehead atoms. The average Bonchev–Trinajstić information content (AvgIpc) is 3.03. The van der Waals surface area contributed by atoms with Gasteiger partial charge in [0, 0.05) is 51.7 Å². The van der Waals surface area contributed by atoms with Crippen LogP contribution in [0.5, 0.6) is 0 Å². The van der Waals surface area contributed by atoms with Gasteiger partial charge in [-0.05, 0) is 19.8 Å². The molecule has 1 atom stereocenters. The van der Waals surface area contributed by atoms with Crippen LogP contribution >= 0.6 is 0 Å². The van der Waals surface area contributed by atoms with E-state index in [2.05, 4.69) is 31.6 Å². The molecule has 1 saturated carbocycles. The molecule has 1 N–H and O–H groups in total. The number of carbonyl (C=O) groups excluding carboxylic acids is 1. The molecule has 1 aliphatic heterocycles. The van der Waals surface area contributed by atoms with Gasteiger partial charge in [0.05, 0.1) is 12.6 Å². The fraction of sp³-hybridized carbons (Fsp3) is 0.778. The third kappa shape index (κ3) is 3.81. The number of rotatable bonds is 5. The number of aryl methyl sites for hydroxylation is 1. The molecule has 6 nitrogen and oxygen atoms in total. The highest BCUT2D eigenvalue weighted by molar-refractivity contribution is 5.78. The van der Waals surface area contributed by atoms with Gasteiger partial charge in [-0.25, -0.2) is 4.98 Å². The van der Waals surface area contributed by atoms with Crippen LogP contribution < -0.4 is 5.32 Å². The number of likely N-dealkylation sites (N-methyl/N-ethyl adjacent to an activating group) is 1. The lowest BCUT2D eigenvalue weighted by atomic mass is 9.94. The van der Waals surface area contributed by atoms with Crippen LogP contribution in [0.1, 0.15) is 50.9 Å². The highest BCUT2D eigenvalue weighted by Crippen LogP contribution is 2.24. The Balaban J connectivity index is 1.67. The highest BCUT2D eigenvalue weighted by Gasteiger charge is 2.31. The molecule has 0 aromatic carbocycles. The monoisotopic (exact) mass is 333 g/mol. The van der Waals surface area contributed by atoms with E-state index in [0.717, 1.165) is 32.0 Å². The van der Waals surface area contributed by atoms with Crippen molar-refractivity contribution in [2.75, 3.05) is 32.7 Å². The van der Waals surface area contributed by atoms with E-state index in [0.29, 0.717) is 12.6 Å². The topological polar surface area (TPSA) is 53.4 Å². The molecular formula is C18H31N5O. The average molecular weight is 333 g/mol. The molecule has 1 amide bonds. The maximum absolute atomic E-state index is 13.0. The van der Waals surface area contributed by atoms with E-state index in [1.807, 2.05) is 19.4 Å². The van der Waals surface area contributed by atoms with E-state index >= 15 is 0 Å². The molecule has 1 aromatic rings. The summed E-state index contributed by atoms with van der Waals surface area (Å²) >= 11 is 0. The van der Waals surface area contributed by atoms with Gasteiger partial charge in [0.1, 0.15) is 5.82 Å². The van der Waals surface area contributed by atoms with E-state index in [1.54, 1.807) is 0 Å². The van der Waals surface area contributed by atoms with Crippen LogP contribution in [0.15, 0.2) is 12.4 Å². The fourth-order valence-electron chi connectivity index (χ4n) is 4.18. The molecule has 1 aliphatic carbocycles. The second-order valence-corrected chi connectivity index (χ2v) is 7.06. The van der Waals surface area contributed by atoms with Crippen LogP contribution in [0.2, 0.25) is 0 Å². The minimum absolute atomic E-state index is 0.174. The standard InChI is InChI=1S/C18H31N5O/c1-3-23(15-7-5-4-6-8-15)17(24)14-22-12-9-19-13-16(22)18-20-10-11-21(18)2/h10-11,15-16,19H,3-9,12-14H2,1-2H3. The Morgan fingerprint density at radius 2 is 2.17 bits per heavy atom. The first-order chi connectivity index (χ1) is 11.7. The van der Waals surface area contributed by atoms with E-state index < -0.39 is 0 Å². The molecule has 3 rings (SSSR count). The Morgan fingerprint density at radius 3 is 2.83 bits per heavy atom. The van der Waals surface area contributed by atoms with Gasteiger partial charge >= 0.3 is 0 Å². The number of nitrogens with one attached hydrogen (secondary N) is 1. The second kappa shape index (κ2) is 8.12. The molecule has 6 heteroatoms. The summed E-state index contributed by atoms with van der Waals surface area (Å²) in [7, 11) is 2.03. The molecule has 1 saturated heterocycles. The van der Waals surface area contributed by atoms with E-state index in [-0.39, 0.29) is 11.9 Å². The number of aromatic nitrogens is 2. The van der Waals surface area contributed by atoms with Crippen molar-refractivity contribution in [3.8, 4) is 0 Å². The molecule has 0 spiro atoms. The number of carbonyl (C=O) groups is 1. The van der Waals surface area contributed by atoms with Crippen molar-refractivity contribution in [3.05, 3.63) is 18.2 Å². The van der Waals surface area contributed by atoms with Gasteiger partial charge < -0.3 is 14.8 Å². The third-order valence-electron chi connectivity index (χ3n) is 5.53. The highest BCUT2D eigenvalue weighted by atomic mass is 16.2. The smallest absolute Gasteiger partial charge is 0.237 e. The molecule has 1 aromatic heterocycles. The van der Waals surface area contributed by atoms with Crippen LogP contribution in [-0.4, -0.2) is 64.0 Å². The summed E-state index contributed by atoms with van der Waals surface area (Å²) in [5, 5.41) is 3.44. The van der Waals surface area contributed by atoms with Gasteiger partial charge in [-0.1, -0.05) is 19.3 Å². The second-order valence-electron chi connectivity index (χ2n) is 7.06. The number of amides is 1. The van der Waals surface area contributed by atoms with Crippen LogP contribution in [0.3, 0.4) is 0 Å². The van der Waals surface area contributed by atoms with Gasteiger partial charge in [0.2, 0.25) is 5.91 Å². The quantitative estimate of drug-likeness (QED) is 0.888. The first-order valence-corrected chi connectivity index (χ1v) is 9.42. The van der Waals surface area contributed by atoms with Crippen molar-refractivity contribution >= 4 is 5.91 Å². The Labute approximate surface area is 145 Å². The molecule has 2 heterocycles. The van der Waals surface area contributed by atoms with E-state index in [9.17, 15) is 4.79 Å². The van der Waals surface area contributed by atoms with Crippen molar-refractivity contribution in [1.29, 1.82) is 0 Å². The molecule has 134 valence electrons. The fourth-order valence-corrected chi connectivity index (χ4v) is 4.18. The summed E-state index contributed by atoms with van der Waals surface area (Å²) in [5.41, 5.74) is 0. The Bertz CT molecular complexity index is 537. The number of piperazine rings is 1.